The number of fused-ring (bicyclic) bond motifs is 1. The zero-order chi connectivity index (χ0) is 14.7. The van der Waals surface area contributed by atoms with Gasteiger partial charge in [-0.15, -0.1) is 0 Å². The molecule has 7 heteroatoms. The van der Waals surface area contributed by atoms with Gasteiger partial charge in [0, 0.05) is 18.1 Å². The first-order valence-corrected chi connectivity index (χ1v) is 7.07. The summed E-state index contributed by atoms with van der Waals surface area (Å²) in [6.45, 7) is 3.41. The highest BCUT2D eigenvalue weighted by molar-refractivity contribution is 6.30. The number of anilines is 2. The fourth-order valence-corrected chi connectivity index (χ4v) is 2.12. The largest absolute Gasteiger partial charge is 0.365 e. The molecule has 0 saturated carbocycles. The number of nitrogens with one attached hydrogen (secondary N) is 3. The number of rotatable bonds is 5. The van der Waals surface area contributed by atoms with Crippen LogP contribution in [0, 0.1) is 0 Å². The van der Waals surface area contributed by atoms with Crippen LogP contribution >= 0.6 is 11.6 Å². The summed E-state index contributed by atoms with van der Waals surface area (Å²) in [6.07, 6.45) is 1.72. The Balaban J connectivity index is 1.84. The van der Waals surface area contributed by atoms with Gasteiger partial charge in [0.05, 0.1) is 11.6 Å². The minimum atomic E-state index is 0.577. The summed E-state index contributed by atoms with van der Waals surface area (Å²) in [4.78, 5) is 8.83. The number of benzene rings is 1. The van der Waals surface area contributed by atoms with E-state index in [4.69, 9.17) is 11.6 Å². The summed E-state index contributed by atoms with van der Waals surface area (Å²) in [5.41, 5.74) is 1.83. The molecule has 0 radical (unpaired) electrons. The van der Waals surface area contributed by atoms with Crippen LogP contribution in [-0.2, 0) is 6.54 Å². The second-order valence-corrected chi connectivity index (χ2v) is 4.97. The van der Waals surface area contributed by atoms with E-state index < -0.39 is 0 Å². The molecule has 0 aliphatic rings. The minimum Gasteiger partial charge on any atom is -0.365 e. The van der Waals surface area contributed by atoms with Crippen LogP contribution in [0.2, 0.25) is 5.02 Å². The summed E-state index contributed by atoms with van der Waals surface area (Å²) in [6, 6.07) is 7.70. The van der Waals surface area contributed by atoms with E-state index in [0.717, 1.165) is 28.3 Å². The maximum atomic E-state index is 5.89. The number of aromatic amines is 1. The van der Waals surface area contributed by atoms with Gasteiger partial charge in [0.1, 0.15) is 5.82 Å². The molecule has 0 saturated heterocycles. The van der Waals surface area contributed by atoms with Crippen LogP contribution in [0.4, 0.5) is 11.8 Å². The summed E-state index contributed by atoms with van der Waals surface area (Å²) >= 11 is 5.89. The first kappa shape index (κ1) is 13.6. The molecule has 6 nitrogen and oxygen atoms in total. The van der Waals surface area contributed by atoms with Crippen molar-refractivity contribution in [2.75, 3.05) is 17.2 Å². The van der Waals surface area contributed by atoms with Crippen molar-refractivity contribution in [3.63, 3.8) is 0 Å². The van der Waals surface area contributed by atoms with Crippen molar-refractivity contribution in [2.45, 2.75) is 13.5 Å². The smallest absolute Gasteiger partial charge is 0.226 e. The first-order valence-electron chi connectivity index (χ1n) is 6.69. The molecule has 0 bridgehead atoms. The summed E-state index contributed by atoms with van der Waals surface area (Å²) in [5, 5.41) is 14.9. The molecule has 0 spiro atoms. The lowest BCUT2D eigenvalue weighted by atomic mass is 10.2. The Morgan fingerprint density at radius 1 is 1.14 bits per heavy atom. The van der Waals surface area contributed by atoms with Gasteiger partial charge in [0.25, 0.3) is 0 Å². The molecule has 0 aliphatic heterocycles. The predicted octanol–water partition coefficient (Wildman–Crippen LogP) is 3.05. The van der Waals surface area contributed by atoms with Gasteiger partial charge in [0.15, 0.2) is 5.65 Å². The molecule has 0 aliphatic carbocycles. The van der Waals surface area contributed by atoms with Gasteiger partial charge in [-0.05, 0) is 24.6 Å². The third-order valence-electron chi connectivity index (χ3n) is 3.02. The van der Waals surface area contributed by atoms with Crippen LogP contribution in [0.15, 0.2) is 30.5 Å². The molecule has 2 aromatic heterocycles. The lowest BCUT2D eigenvalue weighted by molar-refractivity contribution is 1.06. The Bertz CT molecular complexity index is 737. The number of hydrogen-bond donors (Lipinski definition) is 3. The van der Waals surface area contributed by atoms with Gasteiger partial charge in [-0.1, -0.05) is 23.7 Å². The molecular weight excluding hydrogens is 288 g/mol. The van der Waals surface area contributed by atoms with E-state index in [9.17, 15) is 0 Å². The Labute approximate surface area is 127 Å². The molecule has 0 unspecified atom stereocenters. The maximum absolute atomic E-state index is 5.89. The highest BCUT2D eigenvalue weighted by Gasteiger charge is 2.08. The Morgan fingerprint density at radius 2 is 1.95 bits per heavy atom. The summed E-state index contributed by atoms with van der Waals surface area (Å²) in [5.74, 6) is 1.33. The Hall–Kier alpha value is -2.34. The Kier molecular flexibility index (Phi) is 3.87. The molecule has 108 valence electrons. The van der Waals surface area contributed by atoms with Crippen molar-refractivity contribution in [3.8, 4) is 0 Å². The zero-order valence-corrected chi connectivity index (χ0v) is 12.3. The highest BCUT2D eigenvalue weighted by atomic mass is 35.5. The van der Waals surface area contributed by atoms with Crippen molar-refractivity contribution in [1.29, 1.82) is 0 Å². The number of halogens is 1. The van der Waals surface area contributed by atoms with Crippen LogP contribution in [0.5, 0.6) is 0 Å². The topological polar surface area (TPSA) is 78.5 Å². The lowest BCUT2D eigenvalue weighted by Crippen LogP contribution is -2.07. The molecule has 2 heterocycles. The molecular formula is C14H15ClN6. The van der Waals surface area contributed by atoms with E-state index in [1.807, 2.05) is 31.2 Å². The maximum Gasteiger partial charge on any atom is 0.226 e. The van der Waals surface area contributed by atoms with Crippen LogP contribution in [0.3, 0.4) is 0 Å². The van der Waals surface area contributed by atoms with Gasteiger partial charge < -0.3 is 10.6 Å². The van der Waals surface area contributed by atoms with Crippen LogP contribution in [0.25, 0.3) is 11.0 Å². The summed E-state index contributed by atoms with van der Waals surface area (Å²) in [7, 11) is 0. The molecule has 0 atom stereocenters. The molecule has 1 aromatic carbocycles. The van der Waals surface area contributed by atoms with E-state index in [0.29, 0.717) is 18.1 Å². The van der Waals surface area contributed by atoms with Crippen molar-refractivity contribution in [2.24, 2.45) is 0 Å². The normalized spacial score (nSPS) is 10.8. The van der Waals surface area contributed by atoms with E-state index in [1.54, 1.807) is 6.20 Å². The third-order valence-corrected chi connectivity index (χ3v) is 3.27. The molecule has 0 fully saturated rings. The fraction of sp³-hybridized carbons (Fsp3) is 0.214. The molecule has 3 N–H and O–H groups in total. The average Bonchev–Trinajstić information content (AvgIpc) is 2.95. The van der Waals surface area contributed by atoms with E-state index in [-0.39, 0.29) is 0 Å². The van der Waals surface area contributed by atoms with Crippen molar-refractivity contribution >= 4 is 34.4 Å². The average molecular weight is 303 g/mol. The standard InChI is InChI=1S/C14H15ClN6/c1-2-16-14-19-12(11-8-18-21-13(11)20-14)17-7-9-3-5-10(15)6-4-9/h3-6,8H,2,7H2,1H3,(H3,16,17,18,19,20,21). The van der Waals surface area contributed by atoms with E-state index in [1.165, 1.54) is 0 Å². The number of hydrogen-bond acceptors (Lipinski definition) is 5. The van der Waals surface area contributed by atoms with Crippen molar-refractivity contribution in [1.82, 2.24) is 20.2 Å². The van der Waals surface area contributed by atoms with E-state index in [2.05, 4.69) is 30.8 Å². The van der Waals surface area contributed by atoms with Gasteiger partial charge in [-0.25, -0.2) is 0 Å². The summed E-state index contributed by atoms with van der Waals surface area (Å²) < 4.78 is 0. The van der Waals surface area contributed by atoms with Crippen LogP contribution in [-0.4, -0.2) is 26.7 Å². The third kappa shape index (κ3) is 3.05. The molecule has 0 amide bonds. The minimum absolute atomic E-state index is 0.577. The van der Waals surface area contributed by atoms with Crippen LogP contribution in [0.1, 0.15) is 12.5 Å². The Morgan fingerprint density at radius 3 is 2.71 bits per heavy atom. The predicted molar refractivity (Wildman–Crippen MR) is 84.6 cm³/mol. The van der Waals surface area contributed by atoms with Crippen molar-refractivity contribution < 1.29 is 0 Å². The number of aromatic nitrogens is 4. The molecule has 3 rings (SSSR count). The quantitative estimate of drug-likeness (QED) is 0.675. The molecule has 21 heavy (non-hydrogen) atoms. The van der Waals surface area contributed by atoms with Gasteiger partial charge in [0.2, 0.25) is 5.95 Å². The van der Waals surface area contributed by atoms with Crippen molar-refractivity contribution in [3.05, 3.63) is 41.0 Å². The van der Waals surface area contributed by atoms with E-state index >= 15 is 0 Å². The zero-order valence-electron chi connectivity index (χ0n) is 11.5. The van der Waals surface area contributed by atoms with Gasteiger partial charge in [-0.3, -0.25) is 5.10 Å². The first-order chi connectivity index (χ1) is 10.3. The number of H-pyrrole nitrogens is 1. The second-order valence-electron chi connectivity index (χ2n) is 4.54. The highest BCUT2D eigenvalue weighted by Crippen LogP contribution is 2.20. The fourth-order valence-electron chi connectivity index (χ4n) is 1.99. The SMILES string of the molecule is CCNc1nc(NCc2ccc(Cl)cc2)c2cn[nH]c2n1. The van der Waals surface area contributed by atoms with Gasteiger partial charge >= 0.3 is 0 Å². The van der Waals surface area contributed by atoms with Crippen LogP contribution < -0.4 is 10.6 Å². The number of nitrogens with zero attached hydrogens (tertiary/aromatic N) is 3. The monoisotopic (exact) mass is 302 g/mol. The van der Waals surface area contributed by atoms with Gasteiger partial charge in [-0.2, -0.15) is 15.1 Å². The second kappa shape index (κ2) is 5.97. The molecule has 3 aromatic rings. The lowest BCUT2D eigenvalue weighted by Gasteiger charge is -2.09.